The molecule has 1 unspecified atom stereocenters. The number of carbonyl (C=O) groups is 1. The molecule has 0 aliphatic heterocycles. The van der Waals surface area contributed by atoms with Gasteiger partial charge in [0.2, 0.25) is 0 Å². The van der Waals surface area contributed by atoms with Gasteiger partial charge in [0.1, 0.15) is 0 Å². The van der Waals surface area contributed by atoms with Gasteiger partial charge in [0, 0.05) is 10.7 Å². The first kappa shape index (κ1) is 14.0. The highest BCUT2D eigenvalue weighted by atomic mass is 35.7. The Kier molecular flexibility index (Phi) is 4.54. The predicted octanol–water partition coefficient (Wildman–Crippen LogP) is 1.97. The number of halogens is 1. The van der Waals surface area contributed by atoms with E-state index >= 15 is 0 Å². The van der Waals surface area contributed by atoms with E-state index in [1.165, 1.54) is 19.2 Å². The highest BCUT2D eigenvalue weighted by molar-refractivity contribution is 8.13. The van der Waals surface area contributed by atoms with Crippen molar-refractivity contribution in [2.45, 2.75) is 18.2 Å². The van der Waals surface area contributed by atoms with Gasteiger partial charge >= 0.3 is 5.97 Å². The maximum Gasteiger partial charge on any atom is 0.308 e. The average Bonchev–Trinajstić information content (AvgIpc) is 2.27. The zero-order chi connectivity index (χ0) is 13.1. The van der Waals surface area contributed by atoms with Gasteiger partial charge in [0.05, 0.1) is 17.9 Å². The molecule has 0 aliphatic rings. The molecular weight excluding hydrogens is 264 g/mol. The maximum atomic E-state index is 11.2. The second kappa shape index (κ2) is 5.51. The van der Waals surface area contributed by atoms with E-state index < -0.39 is 9.05 Å². The molecule has 0 heterocycles. The monoisotopic (exact) mass is 276 g/mol. The van der Waals surface area contributed by atoms with E-state index in [1.54, 1.807) is 19.1 Å². The molecule has 0 bridgehead atoms. The van der Waals surface area contributed by atoms with E-state index in [2.05, 4.69) is 4.74 Å². The third kappa shape index (κ3) is 4.02. The highest BCUT2D eigenvalue weighted by Crippen LogP contribution is 2.17. The Labute approximate surface area is 105 Å². The third-order valence-electron chi connectivity index (χ3n) is 2.35. The summed E-state index contributed by atoms with van der Waals surface area (Å²) in [5, 5.41) is 0. The molecule has 1 atom stereocenters. The fourth-order valence-electron chi connectivity index (χ4n) is 1.43. The van der Waals surface area contributed by atoms with E-state index in [9.17, 15) is 13.2 Å². The summed E-state index contributed by atoms with van der Waals surface area (Å²) >= 11 is 0. The van der Waals surface area contributed by atoms with Crippen LogP contribution in [0.1, 0.15) is 12.5 Å². The van der Waals surface area contributed by atoms with Crippen molar-refractivity contribution in [3.8, 4) is 0 Å². The highest BCUT2D eigenvalue weighted by Gasteiger charge is 2.14. The fourth-order valence-corrected chi connectivity index (χ4v) is 2.20. The third-order valence-corrected chi connectivity index (χ3v) is 3.72. The number of benzene rings is 1. The van der Waals surface area contributed by atoms with Crippen molar-refractivity contribution in [3.05, 3.63) is 29.8 Å². The van der Waals surface area contributed by atoms with Crippen LogP contribution in [0.3, 0.4) is 0 Å². The van der Waals surface area contributed by atoms with Crippen LogP contribution < -0.4 is 0 Å². The van der Waals surface area contributed by atoms with Gasteiger partial charge in [-0.1, -0.05) is 19.1 Å². The van der Waals surface area contributed by atoms with Crippen LogP contribution >= 0.6 is 10.7 Å². The Hall–Kier alpha value is -1.07. The van der Waals surface area contributed by atoms with E-state index in [1.807, 2.05) is 0 Å². The molecule has 0 N–H and O–H groups in total. The van der Waals surface area contributed by atoms with Crippen molar-refractivity contribution in [1.29, 1.82) is 0 Å². The molecule has 0 aromatic heterocycles. The first-order valence-corrected chi connectivity index (χ1v) is 7.27. The van der Waals surface area contributed by atoms with Crippen LogP contribution in [0.25, 0.3) is 0 Å². The molecular formula is C11H13ClO4S. The summed E-state index contributed by atoms with van der Waals surface area (Å²) in [6.45, 7) is 1.75. The summed E-state index contributed by atoms with van der Waals surface area (Å²) < 4.78 is 26.6. The summed E-state index contributed by atoms with van der Waals surface area (Å²) in [6, 6.07) is 6.10. The number of esters is 1. The Morgan fingerprint density at radius 3 is 2.29 bits per heavy atom. The molecule has 0 saturated heterocycles. The fraction of sp³-hybridized carbons (Fsp3) is 0.364. The van der Waals surface area contributed by atoms with Crippen molar-refractivity contribution >= 4 is 25.7 Å². The zero-order valence-corrected chi connectivity index (χ0v) is 11.1. The molecule has 6 heteroatoms. The normalized spacial score (nSPS) is 13.1. The molecule has 0 aliphatic carbocycles. The summed E-state index contributed by atoms with van der Waals surface area (Å²) in [5.41, 5.74) is 0.854. The van der Waals surface area contributed by atoms with Crippen molar-refractivity contribution in [1.82, 2.24) is 0 Å². The molecule has 4 nitrogen and oxygen atoms in total. The van der Waals surface area contributed by atoms with Gasteiger partial charge in [-0.15, -0.1) is 0 Å². The second-order valence-electron chi connectivity index (χ2n) is 3.71. The minimum absolute atomic E-state index is 0.0497. The topological polar surface area (TPSA) is 60.4 Å². The SMILES string of the molecule is COC(=O)C(C)Cc1ccc(S(=O)(=O)Cl)cc1. The predicted molar refractivity (Wildman–Crippen MR) is 64.4 cm³/mol. The number of rotatable bonds is 4. The molecule has 1 aromatic carbocycles. The van der Waals surface area contributed by atoms with Crippen molar-refractivity contribution in [2.75, 3.05) is 7.11 Å². The lowest BCUT2D eigenvalue weighted by Gasteiger charge is -2.09. The van der Waals surface area contributed by atoms with Crippen LogP contribution in [0.4, 0.5) is 0 Å². The minimum atomic E-state index is -3.69. The van der Waals surface area contributed by atoms with E-state index in [4.69, 9.17) is 10.7 Å². The van der Waals surface area contributed by atoms with Crippen LogP contribution in [0.5, 0.6) is 0 Å². The lowest BCUT2D eigenvalue weighted by atomic mass is 10.0. The molecule has 94 valence electrons. The summed E-state index contributed by atoms with van der Waals surface area (Å²) in [4.78, 5) is 11.3. The molecule has 0 fully saturated rings. The van der Waals surface area contributed by atoms with Gasteiger partial charge in [-0.2, -0.15) is 0 Å². The number of hydrogen-bond acceptors (Lipinski definition) is 4. The van der Waals surface area contributed by atoms with Crippen LogP contribution in [0.2, 0.25) is 0 Å². The molecule has 0 saturated carbocycles. The van der Waals surface area contributed by atoms with Crippen LogP contribution in [0, 0.1) is 5.92 Å². The number of methoxy groups -OCH3 is 1. The first-order chi connectivity index (χ1) is 7.84. The van der Waals surface area contributed by atoms with E-state index in [0.29, 0.717) is 6.42 Å². The van der Waals surface area contributed by atoms with Gasteiger partial charge in [0.15, 0.2) is 0 Å². The largest absolute Gasteiger partial charge is 0.469 e. The Bertz CT molecular complexity index is 493. The van der Waals surface area contributed by atoms with Gasteiger partial charge in [-0.05, 0) is 24.1 Å². The molecule has 0 spiro atoms. The van der Waals surface area contributed by atoms with Crippen molar-refractivity contribution in [3.63, 3.8) is 0 Å². The van der Waals surface area contributed by atoms with Crippen molar-refractivity contribution < 1.29 is 17.9 Å². The molecule has 1 rings (SSSR count). The quantitative estimate of drug-likeness (QED) is 0.623. The lowest BCUT2D eigenvalue weighted by molar-refractivity contribution is -0.144. The smallest absolute Gasteiger partial charge is 0.308 e. The van der Waals surface area contributed by atoms with Gasteiger partial charge < -0.3 is 4.74 Å². The van der Waals surface area contributed by atoms with Crippen LogP contribution in [-0.2, 0) is 25.0 Å². The maximum absolute atomic E-state index is 11.2. The number of ether oxygens (including phenoxy) is 1. The lowest BCUT2D eigenvalue weighted by Crippen LogP contribution is -2.15. The van der Waals surface area contributed by atoms with Gasteiger partial charge in [0.25, 0.3) is 9.05 Å². The summed E-state index contributed by atoms with van der Waals surface area (Å²) in [7, 11) is 2.83. The van der Waals surface area contributed by atoms with Gasteiger partial charge in [-0.25, -0.2) is 8.42 Å². The molecule has 0 radical (unpaired) electrons. The Morgan fingerprint density at radius 1 is 1.35 bits per heavy atom. The summed E-state index contributed by atoms with van der Waals surface area (Å²) in [5.74, 6) is -0.558. The van der Waals surface area contributed by atoms with Crippen LogP contribution in [-0.4, -0.2) is 21.5 Å². The Balaban J connectivity index is 2.79. The molecule has 17 heavy (non-hydrogen) atoms. The Morgan fingerprint density at radius 2 is 1.88 bits per heavy atom. The number of carbonyl (C=O) groups excluding carboxylic acids is 1. The van der Waals surface area contributed by atoms with Gasteiger partial charge in [-0.3, -0.25) is 4.79 Å². The van der Waals surface area contributed by atoms with E-state index in [0.717, 1.165) is 5.56 Å². The standard InChI is InChI=1S/C11H13ClO4S/c1-8(11(13)16-2)7-9-3-5-10(6-4-9)17(12,14)15/h3-6,8H,7H2,1-2H3. The first-order valence-electron chi connectivity index (χ1n) is 4.96. The van der Waals surface area contributed by atoms with E-state index in [-0.39, 0.29) is 16.8 Å². The summed E-state index contributed by atoms with van der Waals surface area (Å²) in [6.07, 6.45) is 0.495. The molecule has 1 aromatic rings. The number of hydrogen-bond donors (Lipinski definition) is 0. The second-order valence-corrected chi connectivity index (χ2v) is 6.28. The van der Waals surface area contributed by atoms with Crippen LogP contribution in [0.15, 0.2) is 29.2 Å². The zero-order valence-electron chi connectivity index (χ0n) is 9.51. The minimum Gasteiger partial charge on any atom is -0.469 e. The van der Waals surface area contributed by atoms with Crippen molar-refractivity contribution in [2.24, 2.45) is 5.92 Å². The molecule has 0 amide bonds. The average molecular weight is 277 g/mol.